The van der Waals surface area contributed by atoms with Gasteiger partial charge in [-0.05, 0) is 68.9 Å². The Kier molecular flexibility index (Phi) is 3.98. The predicted octanol–water partition coefficient (Wildman–Crippen LogP) is 4.18. The van der Waals surface area contributed by atoms with E-state index in [9.17, 15) is 0 Å². The Bertz CT molecular complexity index is 275. The van der Waals surface area contributed by atoms with E-state index in [4.69, 9.17) is 0 Å². The number of hydrogen-bond acceptors (Lipinski definition) is 1. The van der Waals surface area contributed by atoms with Gasteiger partial charge in [-0.1, -0.05) is 32.6 Å². The van der Waals surface area contributed by atoms with Crippen LogP contribution in [0.4, 0.5) is 0 Å². The molecule has 0 radical (unpaired) electrons. The van der Waals surface area contributed by atoms with Crippen molar-refractivity contribution in [3.63, 3.8) is 0 Å². The Hall–Kier alpha value is -0.0400. The lowest BCUT2D eigenvalue weighted by Gasteiger charge is -2.37. The largest absolute Gasteiger partial charge is 0.306 e. The molecule has 0 spiro atoms. The summed E-state index contributed by atoms with van der Waals surface area (Å²) in [4.78, 5) is 2.52. The summed E-state index contributed by atoms with van der Waals surface area (Å²) in [7, 11) is 2.29. The van der Waals surface area contributed by atoms with Crippen molar-refractivity contribution in [3.8, 4) is 0 Å². The molecule has 1 aliphatic heterocycles. The summed E-state index contributed by atoms with van der Waals surface area (Å²) in [6.45, 7) is 5.16. The molecule has 1 heterocycles. The molecule has 2 aliphatic carbocycles. The molecule has 0 bridgehead atoms. The molecular formula is C17H31N. The van der Waals surface area contributed by atoms with Crippen molar-refractivity contribution < 1.29 is 0 Å². The van der Waals surface area contributed by atoms with Gasteiger partial charge in [-0.25, -0.2) is 0 Å². The molecule has 3 rings (SSSR count). The zero-order chi connectivity index (χ0) is 12.5. The number of rotatable bonds is 2. The molecule has 0 aromatic carbocycles. The van der Waals surface area contributed by atoms with Gasteiger partial charge in [0.05, 0.1) is 0 Å². The smallest absolute Gasteiger partial charge is 0.000663 e. The van der Waals surface area contributed by atoms with Gasteiger partial charge in [0.2, 0.25) is 0 Å². The van der Waals surface area contributed by atoms with E-state index in [1.165, 1.54) is 25.9 Å². The number of hydrogen-bond donors (Lipinski definition) is 0. The molecule has 2 saturated carbocycles. The maximum Gasteiger partial charge on any atom is 0.000663 e. The molecule has 3 fully saturated rings. The quantitative estimate of drug-likeness (QED) is 0.709. The van der Waals surface area contributed by atoms with Gasteiger partial charge in [0, 0.05) is 6.54 Å². The molecule has 1 nitrogen and oxygen atoms in total. The van der Waals surface area contributed by atoms with Crippen LogP contribution < -0.4 is 0 Å². The van der Waals surface area contributed by atoms with Crippen molar-refractivity contribution in [1.29, 1.82) is 0 Å². The molecule has 1 saturated heterocycles. The van der Waals surface area contributed by atoms with Crippen molar-refractivity contribution in [2.45, 2.75) is 58.3 Å². The summed E-state index contributed by atoms with van der Waals surface area (Å²) in [5, 5.41) is 0. The number of fused-ring (bicyclic) bond motifs is 1. The lowest BCUT2D eigenvalue weighted by molar-refractivity contribution is 0.128. The fourth-order valence-electron chi connectivity index (χ4n) is 4.70. The topological polar surface area (TPSA) is 3.24 Å². The summed E-state index contributed by atoms with van der Waals surface area (Å²) in [5.74, 6) is 5.35. The average Bonchev–Trinajstić information content (AvgIpc) is 3.03. The highest BCUT2D eigenvalue weighted by Crippen LogP contribution is 2.49. The summed E-state index contributed by atoms with van der Waals surface area (Å²) in [5.41, 5.74) is 0. The fraction of sp³-hybridized carbons (Fsp3) is 1.00. The van der Waals surface area contributed by atoms with Gasteiger partial charge >= 0.3 is 0 Å². The number of piperidine rings is 1. The molecule has 1 heteroatoms. The van der Waals surface area contributed by atoms with E-state index >= 15 is 0 Å². The summed E-state index contributed by atoms with van der Waals surface area (Å²) < 4.78 is 0. The Morgan fingerprint density at radius 3 is 2.67 bits per heavy atom. The standard InChI is InChI=1S/C17H31N/c1-13-12-18(2)9-8-15(13)10-14-4-3-5-16-11-17(16)7-6-14/h13-17H,3-12H2,1-2H3. The third kappa shape index (κ3) is 3.10. The summed E-state index contributed by atoms with van der Waals surface area (Å²) in [6, 6.07) is 0. The van der Waals surface area contributed by atoms with E-state index < -0.39 is 0 Å². The zero-order valence-corrected chi connectivity index (χ0v) is 12.4. The molecule has 0 amide bonds. The number of nitrogens with zero attached hydrogens (tertiary/aromatic N) is 1. The van der Waals surface area contributed by atoms with E-state index in [0.29, 0.717) is 0 Å². The third-order valence-electron chi connectivity index (χ3n) is 6.12. The van der Waals surface area contributed by atoms with Crippen molar-refractivity contribution in [3.05, 3.63) is 0 Å². The van der Waals surface area contributed by atoms with Crippen LogP contribution in [-0.2, 0) is 0 Å². The maximum atomic E-state index is 2.52. The van der Waals surface area contributed by atoms with Crippen LogP contribution in [-0.4, -0.2) is 25.0 Å². The normalized spacial score (nSPS) is 46.0. The van der Waals surface area contributed by atoms with Crippen molar-refractivity contribution in [1.82, 2.24) is 4.90 Å². The van der Waals surface area contributed by atoms with E-state index in [1.54, 1.807) is 38.5 Å². The minimum atomic E-state index is 0.933. The first kappa shape index (κ1) is 13.0. The first-order valence-electron chi connectivity index (χ1n) is 8.41. The van der Waals surface area contributed by atoms with Crippen LogP contribution in [0.25, 0.3) is 0 Å². The molecule has 18 heavy (non-hydrogen) atoms. The molecule has 0 aromatic rings. The van der Waals surface area contributed by atoms with Crippen LogP contribution in [0.3, 0.4) is 0 Å². The first-order valence-corrected chi connectivity index (χ1v) is 8.41. The van der Waals surface area contributed by atoms with E-state index in [1.807, 2.05) is 0 Å². The van der Waals surface area contributed by atoms with E-state index in [0.717, 1.165) is 29.6 Å². The van der Waals surface area contributed by atoms with Crippen LogP contribution in [0.15, 0.2) is 0 Å². The van der Waals surface area contributed by atoms with Crippen molar-refractivity contribution >= 4 is 0 Å². The second kappa shape index (κ2) is 5.53. The van der Waals surface area contributed by atoms with Gasteiger partial charge in [-0.15, -0.1) is 0 Å². The second-order valence-corrected chi connectivity index (χ2v) is 7.65. The van der Waals surface area contributed by atoms with Gasteiger partial charge in [0.1, 0.15) is 0 Å². The summed E-state index contributed by atoms with van der Waals surface area (Å²) >= 11 is 0. The lowest BCUT2D eigenvalue weighted by Crippen LogP contribution is -2.37. The van der Waals surface area contributed by atoms with Crippen molar-refractivity contribution in [2.24, 2.45) is 29.6 Å². The van der Waals surface area contributed by atoms with Crippen molar-refractivity contribution in [2.75, 3.05) is 20.1 Å². The molecule has 0 N–H and O–H groups in total. The summed E-state index contributed by atoms with van der Waals surface area (Å²) in [6.07, 6.45) is 12.3. The van der Waals surface area contributed by atoms with Crippen LogP contribution in [0, 0.1) is 29.6 Å². The molecule has 3 aliphatic rings. The van der Waals surface area contributed by atoms with E-state index in [-0.39, 0.29) is 0 Å². The molecule has 5 unspecified atom stereocenters. The van der Waals surface area contributed by atoms with Crippen LogP contribution in [0.5, 0.6) is 0 Å². The van der Waals surface area contributed by atoms with E-state index in [2.05, 4.69) is 18.9 Å². The Balaban J connectivity index is 1.48. The fourth-order valence-corrected chi connectivity index (χ4v) is 4.70. The maximum absolute atomic E-state index is 2.52. The molecule has 5 atom stereocenters. The third-order valence-corrected chi connectivity index (χ3v) is 6.12. The van der Waals surface area contributed by atoms with Gasteiger partial charge in [0.15, 0.2) is 0 Å². The Morgan fingerprint density at radius 1 is 1.00 bits per heavy atom. The van der Waals surface area contributed by atoms with Gasteiger partial charge in [0.25, 0.3) is 0 Å². The minimum absolute atomic E-state index is 0.933. The Morgan fingerprint density at radius 2 is 1.83 bits per heavy atom. The van der Waals surface area contributed by atoms with Gasteiger partial charge < -0.3 is 4.90 Å². The molecular weight excluding hydrogens is 218 g/mol. The SMILES string of the molecule is CC1CN(C)CCC1CC1CCCC2CC2CC1. The monoisotopic (exact) mass is 249 g/mol. The van der Waals surface area contributed by atoms with Gasteiger partial charge in [-0.2, -0.15) is 0 Å². The number of likely N-dealkylation sites (tertiary alicyclic amines) is 1. The average molecular weight is 249 g/mol. The lowest BCUT2D eigenvalue weighted by atomic mass is 9.77. The van der Waals surface area contributed by atoms with Crippen LogP contribution in [0.1, 0.15) is 58.3 Å². The highest BCUT2D eigenvalue weighted by Gasteiger charge is 2.38. The van der Waals surface area contributed by atoms with Crippen LogP contribution in [0.2, 0.25) is 0 Å². The highest BCUT2D eigenvalue weighted by atomic mass is 15.1. The second-order valence-electron chi connectivity index (χ2n) is 7.65. The van der Waals surface area contributed by atoms with Gasteiger partial charge in [-0.3, -0.25) is 0 Å². The Labute approximate surface area is 113 Å². The first-order chi connectivity index (χ1) is 8.72. The molecule has 104 valence electrons. The van der Waals surface area contributed by atoms with Crippen LogP contribution >= 0.6 is 0 Å². The zero-order valence-electron chi connectivity index (χ0n) is 12.4. The molecule has 0 aromatic heterocycles. The minimum Gasteiger partial charge on any atom is -0.306 e. The predicted molar refractivity (Wildman–Crippen MR) is 77.6 cm³/mol. The highest BCUT2D eigenvalue weighted by molar-refractivity contribution is 4.89.